The standard InChI is InChI=1S/C11H25O4PSi4.CH4/c1-16-11-7-5-10(6-8-11)9-12-20(13-17-2,14-18-3)15-19-4;/h5-8,16H,9,17-19H2,1-4H3;1H4. The van der Waals surface area contributed by atoms with E-state index in [0.717, 1.165) is 14.1 Å². The Kier molecular flexibility index (Phi) is 12.1. The molecule has 0 aromatic heterocycles. The summed E-state index contributed by atoms with van der Waals surface area (Å²) in [5, 5.41) is 1.36. The van der Waals surface area contributed by atoms with E-state index >= 15 is 0 Å². The molecule has 0 aliphatic rings. The molecule has 0 heterocycles. The number of hydrogen-bond acceptors (Lipinski definition) is 4. The van der Waals surface area contributed by atoms with Crippen LogP contribution in [-0.2, 0) is 23.4 Å². The van der Waals surface area contributed by atoms with Gasteiger partial charge in [-0.1, -0.05) is 59.9 Å². The maximum atomic E-state index is 5.99. The fourth-order valence-corrected chi connectivity index (χ4v) is 11.1. The average Bonchev–Trinajstić information content (AvgIpc) is 2.46. The minimum atomic E-state index is -2.81. The third-order valence-electron chi connectivity index (χ3n) is 2.62. The molecule has 122 valence electrons. The van der Waals surface area contributed by atoms with Gasteiger partial charge in [0.25, 0.3) is 0 Å². The zero-order valence-corrected chi connectivity index (χ0v) is 19.0. The molecular formula is C12H29O4PSi4. The van der Waals surface area contributed by atoms with E-state index in [9.17, 15) is 0 Å². The summed E-state index contributed by atoms with van der Waals surface area (Å²) in [7, 11) is -3.81. The van der Waals surface area contributed by atoms with E-state index in [1.807, 2.05) is 0 Å². The Hall–Kier alpha value is 0.358. The molecule has 1 aromatic rings. The predicted molar refractivity (Wildman–Crippen MR) is 104 cm³/mol. The van der Waals surface area contributed by atoms with Crippen molar-refractivity contribution in [3.63, 3.8) is 0 Å². The Balaban J connectivity index is 0.00000400. The Morgan fingerprint density at radius 3 is 1.81 bits per heavy atom. The molecule has 0 saturated heterocycles. The van der Waals surface area contributed by atoms with E-state index in [1.54, 1.807) is 0 Å². The van der Waals surface area contributed by atoms with Crippen molar-refractivity contribution in [2.45, 2.75) is 33.7 Å². The second-order valence-electron chi connectivity index (χ2n) is 4.03. The third-order valence-corrected chi connectivity index (χ3v) is 11.7. The van der Waals surface area contributed by atoms with Gasteiger partial charge in [-0.15, -0.1) is 0 Å². The van der Waals surface area contributed by atoms with Gasteiger partial charge in [0.2, 0.25) is 0 Å². The molecule has 1 aromatic carbocycles. The Morgan fingerprint density at radius 2 is 1.43 bits per heavy atom. The second-order valence-corrected chi connectivity index (χ2v) is 11.6. The van der Waals surface area contributed by atoms with Crippen molar-refractivity contribution in [1.29, 1.82) is 0 Å². The molecule has 1 unspecified atom stereocenters. The lowest BCUT2D eigenvalue weighted by atomic mass is 10.2. The first kappa shape index (κ1) is 21.4. The van der Waals surface area contributed by atoms with Crippen LogP contribution in [0.25, 0.3) is 0 Å². The summed E-state index contributed by atoms with van der Waals surface area (Å²) in [5.41, 5.74) is 1.15. The molecule has 1 rings (SSSR count). The molecule has 0 bridgehead atoms. The molecule has 4 nitrogen and oxygen atoms in total. The van der Waals surface area contributed by atoms with Crippen LogP contribution in [-0.4, -0.2) is 45.0 Å². The fourth-order valence-electron chi connectivity index (χ4n) is 1.72. The molecule has 0 spiro atoms. The molecular weight excluding hydrogens is 351 g/mol. The normalized spacial score (nSPS) is 15.8. The van der Waals surface area contributed by atoms with E-state index in [-0.39, 0.29) is 7.43 Å². The van der Waals surface area contributed by atoms with Gasteiger partial charge in [-0.3, -0.25) is 0 Å². The summed E-state index contributed by atoms with van der Waals surface area (Å²) in [6, 6.07) is 8.53. The lowest BCUT2D eigenvalue weighted by Gasteiger charge is -2.28. The topological polar surface area (TPSA) is 36.9 Å². The summed E-state index contributed by atoms with van der Waals surface area (Å²) in [5.74, 6) is 0. The van der Waals surface area contributed by atoms with Gasteiger partial charge in [0.05, 0.1) is 6.61 Å². The van der Waals surface area contributed by atoms with E-state index in [0.29, 0.717) is 6.61 Å². The molecule has 0 N–H and O–H groups in total. The predicted octanol–water partition coefficient (Wildman–Crippen LogP) is 0.654. The van der Waals surface area contributed by atoms with Crippen LogP contribution in [0.15, 0.2) is 24.3 Å². The molecule has 21 heavy (non-hydrogen) atoms. The highest BCUT2D eigenvalue weighted by Gasteiger charge is 2.42. The zero-order valence-electron chi connectivity index (χ0n) is 12.8. The molecule has 0 fully saturated rings. The highest BCUT2D eigenvalue weighted by Crippen LogP contribution is 2.14. The Labute approximate surface area is 139 Å². The molecule has 0 aliphatic heterocycles. The van der Waals surface area contributed by atoms with Gasteiger partial charge < -0.3 is 16.8 Å². The van der Waals surface area contributed by atoms with Gasteiger partial charge in [-0.05, 0) is 17.5 Å². The highest BCUT2D eigenvalue weighted by molar-refractivity contribution is 7.46. The lowest BCUT2D eigenvalue weighted by molar-refractivity contribution is 0.0899. The Bertz CT molecular complexity index is 363. The third kappa shape index (κ3) is 7.44. The maximum absolute atomic E-state index is 5.99. The number of benzene rings is 1. The zero-order chi connectivity index (χ0) is 14.8. The van der Waals surface area contributed by atoms with Crippen molar-refractivity contribution < 1.29 is 16.8 Å². The van der Waals surface area contributed by atoms with Crippen LogP contribution in [0.1, 0.15) is 13.0 Å². The van der Waals surface area contributed by atoms with Gasteiger partial charge >= 0.3 is 9.05 Å². The number of hydrogen-bond donors (Lipinski definition) is 0. The average molecular weight is 381 g/mol. The minimum absolute atomic E-state index is 0. The first-order valence-electron chi connectivity index (χ1n) is 7.02. The van der Waals surface area contributed by atoms with E-state index in [2.05, 4.69) is 50.6 Å². The molecule has 9 heteroatoms. The number of rotatable bonds is 10. The summed E-state index contributed by atoms with van der Waals surface area (Å²) < 4.78 is 23.6. The van der Waals surface area contributed by atoms with Gasteiger partial charge in [0.15, 0.2) is 29.3 Å². The van der Waals surface area contributed by atoms with Crippen LogP contribution in [0.5, 0.6) is 0 Å². The SMILES string of the molecule is C.C[SiH2]O[Si](OCc1ccc(PC)cc1)(O[SiH2]C)O[SiH2]C. The van der Waals surface area contributed by atoms with E-state index < -0.39 is 38.3 Å². The Morgan fingerprint density at radius 1 is 0.952 bits per heavy atom. The first-order chi connectivity index (χ1) is 9.69. The largest absolute Gasteiger partial charge is 0.646 e. The molecule has 1 atom stereocenters. The smallest absolute Gasteiger partial charge is 0.401 e. The van der Waals surface area contributed by atoms with Crippen LogP contribution in [0.4, 0.5) is 0 Å². The van der Waals surface area contributed by atoms with Crippen molar-refractivity contribution in [2.75, 3.05) is 6.66 Å². The van der Waals surface area contributed by atoms with Crippen LogP contribution >= 0.6 is 8.58 Å². The van der Waals surface area contributed by atoms with Crippen molar-refractivity contribution in [2.24, 2.45) is 0 Å². The van der Waals surface area contributed by atoms with Crippen molar-refractivity contribution in [3.05, 3.63) is 29.8 Å². The highest BCUT2D eigenvalue weighted by atomic mass is 31.1. The van der Waals surface area contributed by atoms with Gasteiger partial charge in [-0.2, -0.15) is 0 Å². The monoisotopic (exact) mass is 380 g/mol. The minimum Gasteiger partial charge on any atom is -0.401 e. The molecule has 0 aliphatic carbocycles. The lowest BCUT2D eigenvalue weighted by Crippen LogP contribution is -2.50. The van der Waals surface area contributed by atoms with Crippen molar-refractivity contribution >= 4 is 52.2 Å². The second kappa shape index (κ2) is 11.9. The molecule has 0 saturated carbocycles. The van der Waals surface area contributed by atoms with E-state index in [4.69, 9.17) is 16.8 Å². The van der Waals surface area contributed by atoms with Crippen LogP contribution < -0.4 is 5.30 Å². The molecule has 0 radical (unpaired) electrons. The van der Waals surface area contributed by atoms with E-state index in [1.165, 1.54) is 5.30 Å². The molecule has 0 amide bonds. The quantitative estimate of drug-likeness (QED) is 0.441. The van der Waals surface area contributed by atoms with Gasteiger partial charge in [-0.25, -0.2) is 0 Å². The fraction of sp³-hybridized carbons (Fsp3) is 0.500. The van der Waals surface area contributed by atoms with Crippen molar-refractivity contribution in [3.8, 4) is 0 Å². The van der Waals surface area contributed by atoms with Gasteiger partial charge in [0, 0.05) is 0 Å². The summed E-state index contributed by atoms with van der Waals surface area (Å²) >= 11 is 0. The van der Waals surface area contributed by atoms with Crippen LogP contribution in [0, 0.1) is 0 Å². The van der Waals surface area contributed by atoms with Gasteiger partial charge in [0.1, 0.15) is 0 Å². The summed E-state index contributed by atoms with van der Waals surface area (Å²) in [4.78, 5) is 0. The van der Waals surface area contributed by atoms with Crippen molar-refractivity contribution in [1.82, 2.24) is 0 Å². The van der Waals surface area contributed by atoms with Crippen LogP contribution in [0.3, 0.4) is 0 Å². The first-order valence-corrected chi connectivity index (χ1v) is 16.1. The summed E-state index contributed by atoms with van der Waals surface area (Å²) in [6.45, 7) is 8.95. The van der Waals surface area contributed by atoms with Crippen LogP contribution in [0.2, 0.25) is 19.6 Å². The summed E-state index contributed by atoms with van der Waals surface area (Å²) in [6.07, 6.45) is 0. The maximum Gasteiger partial charge on any atom is 0.646 e.